The van der Waals surface area contributed by atoms with Gasteiger partial charge >= 0.3 is 0 Å². The van der Waals surface area contributed by atoms with Crippen molar-refractivity contribution in [3.63, 3.8) is 0 Å². The van der Waals surface area contributed by atoms with E-state index in [1.165, 1.54) is 12.8 Å². The predicted molar refractivity (Wildman–Crippen MR) is 76.9 cm³/mol. The summed E-state index contributed by atoms with van der Waals surface area (Å²) < 4.78 is 31.0. The fourth-order valence-electron chi connectivity index (χ4n) is 2.34. The molecule has 0 bridgehead atoms. The van der Waals surface area contributed by atoms with E-state index < -0.39 is 5.92 Å². The van der Waals surface area contributed by atoms with Crippen molar-refractivity contribution in [1.29, 1.82) is 0 Å². The summed E-state index contributed by atoms with van der Waals surface area (Å²) in [5.41, 5.74) is 0.293. The monoisotopic (exact) mass is 279 g/mol. The molecule has 0 spiro atoms. The number of piperidine rings is 1. The summed E-state index contributed by atoms with van der Waals surface area (Å²) >= 11 is 0. The fourth-order valence-corrected chi connectivity index (χ4v) is 2.34. The predicted octanol–water partition coefficient (Wildman–Crippen LogP) is 4.20. The topological polar surface area (TPSA) is 12.5 Å². The van der Waals surface area contributed by atoms with Gasteiger partial charge in [-0.25, -0.2) is 8.78 Å². The van der Waals surface area contributed by atoms with E-state index >= 15 is 0 Å². The van der Waals surface area contributed by atoms with E-state index in [0.717, 1.165) is 13.2 Å². The van der Waals surface area contributed by atoms with Crippen LogP contribution in [0.5, 0.6) is 0 Å². The first-order valence-corrected chi connectivity index (χ1v) is 7.64. The third-order valence-electron chi connectivity index (χ3n) is 3.55. The lowest BCUT2D eigenvalue weighted by atomic mass is 10.0. The Morgan fingerprint density at radius 3 is 1.79 bits per heavy atom. The normalized spacial score (nSPS) is 23.5. The molecule has 0 atom stereocenters. The summed E-state index contributed by atoms with van der Waals surface area (Å²) in [6, 6.07) is 0. The molecule has 0 aromatic heterocycles. The van der Waals surface area contributed by atoms with Gasteiger partial charge in [0.15, 0.2) is 0 Å². The third kappa shape index (κ3) is 6.66. The van der Waals surface area contributed by atoms with Crippen molar-refractivity contribution in [3.05, 3.63) is 0 Å². The summed E-state index contributed by atoms with van der Waals surface area (Å²) in [5.74, 6) is -2.42. The Bertz CT molecular complexity index is 220. The number of alkyl halides is 2. The van der Waals surface area contributed by atoms with E-state index in [1.54, 1.807) is 7.11 Å². The molecule has 0 unspecified atom stereocenters. The lowest BCUT2D eigenvalue weighted by Crippen LogP contribution is -2.42. The molecule has 0 radical (unpaired) electrons. The lowest BCUT2D eigenvalue weighted by molar-refractivity contribution is -0.0599. The maximum absolute atomic E-state index is 12.9. The van der Waals surface area contributed by atoms with Gasteiger partial charge in [0.2, 0.25) is 0 Å². The Hall–Kier alpha value is -0.220. The average Bonchev–Trinajstić information content (AvgIpc) is 3.17. The van der Waals surface area contributed by atoms with E-state index in [-0.39, 0.29) is 12.8 Å². The molecule has 19 heavy (non-hydrogen) atoms. The molecule has 1 aliphatic heterocycles. The minimum atomic E-state index is -2.42. The van der Waals surface area contributed by atoms with E-state index in [4.69, 9.17) is 4.74 Å². The molecule has 0 aromatic carbocycles. The minimum absolute atomic E-state index is 0.0239. The molecular formula is C15H31F2NO. The second kappa shape index (κ2) is 8.85. The smallest absolute Gasteiger partial charge is 0.250 e. The van der Waals surface area contributed by atoms with Gasteiger partial charge in [0.1, 0.15) is 0 Å². The van der Waals surface area contributed by atoms with Crippen molar-refractivity contribution in [3.8, 4) is 0 Å². The first kappa shape index (κ1) is 18.8. The molecule has 1 saturated heterocycles. The fraction of sp³-hybridized carbons (Fsp3) is 1.00. The Morgan fingerprint density at radius 2 is 1.42 bits per heavy atom. The van der Waals surface area contributed by atoms with Gasteiger partial charge in [0.05, 0.1) is 6.61 Å². The number of rotatable bonds is 4. The van der Waals surface area contributed by atoms with Crippen molar-refractivity contribution in [1.82, 2.24) is 4.90 Å². The number of methoxy groups -OCH3 is 1. The van der Waals surface area contributed by atoms with Crippen LogP contribution in [0.2, 0.25) is 0 Å². The van der Waals surface area contributed by atoms with Crippen molar-refractivity contribution >= 4 is 0 Å². The Balaban J connectivity index is 0.000000741. The van der Waals surface area contributed by atoms with Gasteiger partial charge < -0.3 is 9.64 Å². The van der Waals surface area contributed by atoms with Gasteiger partial charge in [0.25, 0.3) is 5.92 Å². The van der Waals surface area contributed by atoms with Crippen LogP contribution >= 0.6 is 0 Å². The Kier molecular flexibility index (Phi) is 8.75. The largest absolute Gasteiger partial charge is 0.384 e. The number of nitrogens with zero attached hydrogens (tertiary/aromatic N) is 1. The van der Waals surface area contributed by atoms with E-state index in [1.807, 2.05) is 27.7 Å². The number of likely N-dealkylation sites (tertiary alicyclic amines) is 1. The SMILES string of the molecule is CC.CC.COCC1(CN2CCC(F)(F)CC2)CC1. The van der Waals surface area contributed by atoms with Crippen LogP contribution in [0.3, 0.4) is 0 Å². The van der Waals surface area contributed by atoms with Gasteiger partial charge in [-0.1, -0.05) is 27.7 Å². The summed E-state index contributed by atoms with van der Waals surface area (Å²) in [6.07, 6.45) is 2.42. The molecule has 2 fully saturated rings. The highest BCUT2D eigenvalue weighted by atomic mass is 19.3. The van der Waals surface area contributed by atoms with Crippen molar-refractivity contribution in [2.45, 2.75) is 59.3 Å². The highest BCUT2D eigenvalue weighted by Gasteiger charge is 2.45. The number of hydrogen-bond acceptors (Lipinski definition) is 2. The number of ether oxygens (including phenoxy) is 1. The van der Waals surface area contributed by atoms with Crippen LogP contribution in [0.25, 0.3) is 0 Å². The average molecular weight is 279 g/mol. The maximum atomic E-state index is 12.9. The third-order valence-corrected chi connectivity index (χ3v) is 3.55. The molecule has 4 heteroatoms. The van der Waals surface area contributed by atoms with E-state index in [9.17, 15) is 8.78 Å². The van der Waals surface area contributed by atoms with Crippen molar-refractivity contribution in [2.24, 2.45) is 5.41 Å². The quantitative estimate of drug-likeness (QED) is 0.765. The van der Waals surface area contributed by atoms with Crippen molar-refractivity contribution < 1.29 is 13.5 Å². The van der Waals surface area contributed by atoms with Crippen LogP contribution in [0.1, 0.15) is 53.4 Å². The van der Waals surface area contributed by atoms with Crippen LogP contribution < -0.4 is 0 Å². The van der Waals surface area contributed by atoms with Gasteiger partial charge in [-0.15, -0.1) is 0 Å². The standard InChI is InChI=1S/C11H19F2NO.2C2H6/c1-15-9-10(2-3-10)8-14-6-4-11(12,13)5-7-14;2*1-2/h2-9H2,1H3;2*1-2H3. The minimum Gasteiger partial charge on any atom is -0.384 e. The molecular weight excluding hydrogens is 248 g/mol. The molecule has 0 aromatic rings. The summed E-state index contributed by atoms with van der Waals surface area (Å²) in [6.45, 7) is 10.8. The summed E-state index contributed by atoms with van der Waals surface area (Å²) in [4.78, 5) is 2.17. The molecule has 0 N–H and O–H groups in total. The molecule has 2 nitrogen and oxygen atoms in total. The van der Waals surface area contributed by atoms with Gasteiger partial charge in [0, 0.05) is 45.0 Å². The van der Waals surface area contributed by atoms with Crippen LogP contribution in [-0.4, -0.2) is 44.2 Å². The van der Waals surface area contributed by atoms with Crippen LogP contribution in [0, 0.1) is 5.41 Å². The second-order valence-corrected chi connectivity index (χ2v) is 5.07. The zero-order valence-corrected chi connectivity index (χ0v) is 13.3. The second-order valence-electron chi connectivity index (χ2n) is 5.07. The van der Waals surface area contributed by atoms with Gasteiger partial charge in [-0.05, 0) is 12.8 Å². The zero-order chi connectivity index (χ0) is 14.9. The zero-order valence-electron chi connectivity index (χ0n) is 13.3. The molecule has 1 aliphatic carbocycles. The van der Waals surface area contributed by atoms with Gasteiger partial charge in [-0.3, -0.25) is 0 Å². The highest BCUT2D eigenvalue weighted by molar-refractivity contribution is 4.96. The highest BCUT2D eigenvalue weighted by Crippen LogP contribution is 2.47. The maximum Gasteiger partial charge on any atom is 0.250 e. The van der Waals surface area contributed by atoms with E-state index in [2.05, 4.69) is 4.90 Å². The summed E-state index contributed by atoms with van der Waals surface area (Å²) in [5, 5.41) is 0. The van der Waals surface area contributed by atoms with Crippen LogP contribution in [-0.2, 0) is 4.74 Å². The lowest BCUT2D eigenvalue weighted by Gasteiger charge is -2.34. The van der Waals surface area contributed by atoms with Crippen molar-refractivity contribution in [2.75, 3.05) is 33.4 Å². The first-order valence-electron chi connectivity index (χ1n) is 7.64. The summed E-state index contributed by atoms with van der Waals surface area (Å²) in [7, 11) is 1.71. The molecule has 2 rings (SSSR count). The molecule has 2 aliphatic rings. The number of halogens is 2. The van der Waals surface area contributed by atoms with E-state index in [0.29, 0.717) is 18.5 Å². The number of hydrogen-bond donors (Lipinski definition) is 0. The van der Waals surface area contributed by atoms with Gasteiger partial charge in [-0.2, -0.15) is 0 Å². The molecule has 116 valence electrons. The molecule has 1 saturated carbocycles. The molecule has 0 amide bonds. The van der Waals surface area contributed by atoms with Crippen LogP contribution in [0.4, 0.5) is 8.78 Å². The van der Waals surface area contributed by atoms with Crippen LogP contribution in [0.15, 0.2) is 0 Å². The Labute approximate surface area is 117 Å². The Morgan fingerprint density at radius 1 is 0.947 bits per heavy atom. The molecule has 1 heterocycles. The first-order chi connectivity index (χ1) is 9.05.